The lowest BCUT2D eigenvalue weighted by Crippen LogP contribution is -2.62. The van der Waals surface area contributed by atoms with Crippen LogP contribution in [0.3, 0.4) is 0 Å². The predicted molar refractivity (Wildman–Crippen MR) is 233 cm³/mol. The molecule has 8 atom stereocenters. The zero-order chi connectivity index (χ0) is 47.2. The van der Waals surface area contributed by atoms with Crippen molar-refractivity contribution >= 4 is 52.2 Å². The van der Waals surface area contributed by atoms with E-state index in [0.717, 1.165) is 27.7 Å². The Kier molecular flexibility index (Phi) is 16.8. The molecule has 2 fully saturated rings. The minimum atomic E-state index is -2.37. The Bertz CT molecular complexity index is 2010. The van der Waals surface area contributed by atoms with Crippen molar-refractivity contribution < 1.29 is 66.0 Å². The maximum Gasteiger partial charge on any atom is 0.351 e. The highest BCUT2D eigenvalue weighted by molar-refractivity contribution is 6.74. The van der Waals surface area contributed by atoms with E-state index in [1.54, 1.807) is 30.3 Å². The van der Waals surface area contributed by atoms with Gasteiger partial charge in [-0.15, -0.1) is 0 Å². The Morgan fingerprint density at radius 3 is 1.89 bits per heavy atom. The largest absolute Gasteiger partial charge is 0.463 e. The third kappa shape index (κ3) is 13.6. The van der Waals surface area contributed by atoms with E-state index in [-0.39, 0.29) is 40.0 Å². The van der Waals surface area contributed by atoms with Crippen molar-refractivity contribution in [1.29, 1.82) is 0 Å². The van der Waals surface area contributed by atoms with Gasteiger partial charge >= 0.3 is 29.6 Å². The summed E-state index contributed by atoms with van der Waals surface area (Å²) in [4.78, 5) is 80.9. The van der Waals surface area contributed by atoms with Crippen molar-refractivity contribution in [2.45, 2.75) is 168 Å². The van der Waals surface area contributed by atoms with Gasteiger partial charge in [0, 0.05) is 51.4 Å². The summed E-state index contributed by atoms with van der Waals surface area (Å²) in [6, 6.07) is 8.28. The standard InChI is InChI=1S/C43H65N3O15Si2/c1-25(47)53-23-33-35(56-26(2)48)36(57-27(3)49)37(58-28(4)50)40(60-33)54-22-30-21-46(41(52)45-38(30)44-39(51)29-18-16-15-17-19-29)34-20-31(61-63(13,14)43(8,9)10)32(59-34)24-55-62(11,12)42(5,6)7/h15-19,21,31-37,40H,20,22-24H2,1-14H3,(H,44,45,51,52)/t31-,32+,33+,34+,35+,36-,37+,40+/m0/s1. The molecule has 1 amide bonds. The first-order chi connectivity index (χ1) is 29.1. The van der Waals surface area contributed by atoms with E-state index in [4.69, 9.17) is 42.0 Å². The average molecular weight is 920 g/mol. The van der Waals surface area contributed by atoms with Gasteiger partial charge in [0.05, 0.1) is 19.3 Å². The molecule has 3 heterocycles. The highest BCUT2D eigenvalue weighted by atomic mass is 28.4. The quantitative estimate of drug-likeness (QED) is 0.120. The lowest BCUT2D eigenvalue weighted by atomic mass is 9.98. The normalized spacial score (nSPS) is 24.3. The molecule has 2 aliphatic rings. The zero-order valence-corrected chi connectivity index (χ0v) is 40.9. The van der Waals surface area contributed by atoms with Crippen molar-refractivity contribution in [1.82, 2.24) is 9.55 Å². The molecule has 1 aromatic heterocycles. The van der Waals surface area contributed by atoms with Crippen LogP contribution >= 0.6 is 0 Å². The molecule has 1 N–H and O–H groups in total. The van der Waals surface area contributed by atoms with Crippen molar-refractivity contribution in [3.8, 4) is 0 Å². The summed E-state index contributed by atoms with van der Waals surface area (Å²) in [5, 5.41) is 2.50. The highest BCUT2D eigenvalue weighted by Gasteiger charge is 2.53. The fourth-order valence-electron chi connectivity index (χ4n) is 6.40. The molecule has 2 aromatic rings. The van der Waals surface area contributed by atoms with Gasteiger partial charge in [0.1, 0.15) is 30.9 Å². The van der Waals surface area contributed by atoms with Gasteiger partial charge in [-0.2, -0.15) is 4.98 Å². The van der Waals surface area contributed by atoms with Gasteiger partial charge in [-0.05, 0) is 48.4 Å². The first-order valence-electron chi connectivity index (χ1n) is 21.0. The number of nitrogens with one attached hydrogen (secondary N) is 1. The van der Waals surface area contributed by atoms with Gasteiger partial charge in [-0.3, -0.25) is 28.5 Å². The molecule has 1 aromatic carbocycles. The Morgan fingerprint density at radius 2 is 1.33 bits per heavy atom. The Balaban J connectivity index is 1.79. The van der Waals surface area contributed by atoms with Crippen LogP contribution in [-0.4, -0.2) is 112 Å². The van der Waals surface area contributed by atoms with Crippen LogP contribution in [0.2, 0.25) is 36.3 Å². The number of esters is 4. The van der Waals surface area contributed by atoms with E-state index in [1.165, 1.54) is 10.8 Å². The molecule has 0 unspecified atom stereocenters. The minimum absolute atomic E-state index is 0.0763. The number of carbonyl (C=O) groups is 5. The van der Waals surface area contributed by atoms with Crippen molar-refractivity contribution in [2.24, 2.45) is 0 Å². The van der Waals surface area contributed by atoms with Crippen molar-refractivity contribution in [3.05, 3.63) is 58.1 Å². The monoisotopic (exact) mass is 919 g/mol. The third-order valence-electron chi connectivity index (χ3n) is 11.8. The summed E-state index contributed by atoms with van der Waals surface area (Å²) >= 11 is 0. The number of anilines is 1. The predicted octanol–water partition coefficient (Wildman–Crippen LogP) is 5.80. The number of benzene rings is 1. The van der Waals surface area contributed by atoms with E-state index in [2.05, 4.69) is 78.0 Å². The average Bonchev–Trinajstić information content (AvgIpc) is 3.55. The molecule has 0 aliphatic carbocycles. The zero-order valence-electron chi connectivity index (χ0n) is 38.9. The number of nitrogens with zero attached hydrogens (tertiary/aromatic N) is 2. The summed E-state index contributed by atoms with van der Waals surface area (Å²) in [5.41, 5.74) is -0.293. The summed E-state index contributed by atoms with van der Waals surface area (Å²) in [6.07, 6.45) is -7.41. The van der Waals surface area contributed by atoms with E-state index in [9.17, 15) is 28.8 Å². The van der Waals surface area contributed by atoms with E-state index >= 15 is 0 Å². The van der Waals surface area contributed by atoms with Crippen LogP contribution in [0.15, 0.2) is 41.3 Å². The molecule has 4 rings (SSSR count). The van der Waals surface area contributed by atoms with Crippen molar-refractivity contribution in [2.75, 3.05) is 18.5 Å². The van der Waals surface area contributed by atoms with Crippen LogP contribution in [0.25, 0.3) is 0 Å². The van der Waals surface area contributed by atoms with Crippen molar-refractivity contribution in [3.63, 3.8) is 0 Å². The molecule has 2 aliphatic heterocycles. The lowest BCUT2D eigenvalue weighted by molar-refractivity contribution is -0.310. The first kappa shape index (κ1) is 51.3. The van der Waals surface area contributed by atoms with Gasteiger partial charge in [0.25, 0.3) is 5.91 Å². The first-order valence-corrected chi connectivity index (χ1v) is 26.8. The number of aromatic nitrogens is 2. The molecule has 18 nitrogen and oxygen atoms in total. The lowest BCUT2D eigenvalue weighted by Gasteiger charge is -2.44. The maximum atomic E-state index is 14.0. The molecule has 0 radical (unpaired) electrons. The number of hydrogen-bond donors (Lipinski definition) is 1. The molecule has 2 saturated heterocycles. The molecule has 63 heavy (non-hydrogen) atoms. The molecule has 350 valence electrons. The fourth-order valence-corrected chi connectivity index (χ4v) is 8.77. The molecule has 20 heteroatoms. The summed E-state index contributed by atoms with van der Waals surface area (Å²) in [5.74, 6) is -3.83. The molecule has 0 spiro atoms. The van der Waals surface area contributed by atoms with Crippen LogP contribution in [0, 0.1) is 0 Å². The number of hydrogen-bond acceptors (Lipinski definition) is 16. The number of carbonyl (C=O) groups excluding carboxylic acids is 5. The van der Waals surface area contributed by atoms with E-state index in [0.29, 0.717) is 0 Å². The van der Waals surface area contributed by atoms with E-state index < -0.39 is 114 Å². The van der Waals surface area contributed by atoms with Gasteiger partial charge in [0.15, 0.2) is 41.2 Å². The smallest absolute Gasteiger partial charge is 0.351 e. The van der Waals surface area contributed by atoms with Crippen LogP contribution in [-0.2, 0) is 67.8 Å². The Hall–Kier alpha value is -4.32. The Morgan fingerprint density at radius 1 is 0.762 bits per heavy atom. The van der Waals surface area contributed by atoms with Gasteiger partial charge in [-0.25, -0.2) is 4.79 Å². The number of ether oxygens (including phenoxy) is 7. The third-order valence-corrected chi connectivity index (χ3v) is 20.8. The second-order valence-electron chi connectivity index (χ2n) is 18.9. The highest BCUT2D eigenvalue weighted by Crippen LogP contribution is 2.42. The topological polar surface area (TPSA) is 215 Å². The SMILES string of the molecule is CC(=O)OC[C@H]1O[C@@H](OCc2cn([C@H]3C[C@H](O[Si](C)(C)C(C)(C)C)[C@@H](CO[Si](C)(C)C(C)(C)C)O3)c(=O)nc2NC(=O)c2ccccc2)[C@H](OC(C)=O)[C@@H](OC(C)=O)[C@@H]1OC(C)=O. The molecule has 0 bridgehead atoms. The maximum absolute atomic E-state index is 14.0. The van der Waals surface area contributed by atoms with E-state index in [1.807, 2.05) is 0 Å². The van der Waals surface area contributed by atoms with Gasteiger partial charge in [0.2, 0.25) is 0 Å². The summed E-state index contributed by atoms with van der Waals surface area (Å²) in [7, 11) is -4.61. The second kappa shape index (κ2) is 20.7. The van der Waals surface area contributed by atoms with Crippen LogP contribution in [0.5, 0.6) is 0 Å². The molecule has 0 saturated carbocycles. The van der Waals surface area contributed by atoms with Crippen LogP contribution in [0.1, 0.15) is 97.8 Å². The fraction of sp³-hybridized carbons (Fsp3) is 0.651. The Labute approximate surface area is 371 Å². The van der Waals surface area contributed by atoms with Crippen LogP contribution in [0.4, 0.5) is 5.82 Å². The molecular weight excluding hydrogens is 855 g/mol. The summed E-state index contributed by atoms with van der Waals surface area (Å²) < 4.78 is 55.8. The number of rotatable bonds is 16. The minimum Gasteiger partial charge on any atom is -0.463 e. The molecular formula is C43H65N3O15Si2. The second-order valence-corrected chi connectivity index (χ2v) is 28.4. The number of amides is 1. The van der Waals surface area contributed by atoms with Gasteiger partial charge < -0.3 is 47.3 Å². The summed E-state index contributed by atoms with van der Waals surface area (Å²) in [6.45, 7) is 25.3. The van der Waals surface area contributed by atoms with Gasteiger partial charge in [-0.1, -0.05) is 59.7 Å². The van der Waals surface area contributed by atoms with Crippen LogP contribution < -0.4 is 11.0 Å².